The summed E-state index contributed by atoms with van der Waals surface area (Å²) in [5.41, 5.74) is 2.14. The molecule has 1 aliphatic heterocycles. The number of anilines is 1. The van der Waals surface area contributed by atoms with Crippen molar-refractivity contribution in [1.29, 1.82) is 10.5 Å². The van der Waals surface area contributed by atoms with Gasteiger partial charge in [-0.25, -0.2) is 8.42 Å². The van der Waals surface area contributed by atoms with Crippen LogP contribution in [0.3, 0.4) is 0 Å². The number of rotatable bonds is 11. The normalized spacial score (nSPS) is 16.7. The van der Waals surface area contributed by atoms with Crippen molar-refractivity contribution in [3.05, 3.63) is 89.5 Å². The molecule has 3 atom stereocenters. The number of alkyl halides is 2. The molecule has 1 fully saturated rings. The highest BCUT2D eigenvalue weighted by atomic mass is 32.2. The van der Waals surface area contributed by atoms with E-state index in [1.165, 1.54) is 23.3 Å². The number of amides is 1. The van der Waals surface area contributed by atoms with Crippen molar-refractivity contribution in [2.45, 2.75) is 48.6 Å². The Balaban J connectivity index is 1.44. The van der Waals surface area contributed by atoms with Crippen molar-refractivity contribution in [2.24, 2.45) is 0 Å². The van der Waals surface area contributed by atoms with E-state index in [4.69, 9.17) is 10.00 Å². The van der Waals surface area contributed by atoms with Gasteiger partial charge in [0.2, 0.25) is 0 Å². The van der Waals surface area contributed by atoms with Crippen LogP contribution in [0.15, 0.2) is 77.7 Å². The van der Waals surface area contributed by atoms with E-state index in [1.54, 1.807) is 67.6 Å². The van der Waals surface area contributed by atoms with Gasteiger partial charge >= 0.3 is 6.61 Å². The maximum atomic E-state index is 13.1. The third-order valence-electron chi connectivity index (χ3n) is 7.23. The number of nitrogens with zero attached hydrogens (tertiary/aromatic N) is 3. The van der Waals surface area contributed by atoms with Crippen molar-refractivity contribution < 1.29 is 31.5 Å². The van der Waals surface area contributed by atoms with Crippen molar-refractivity contribution in [3.8, 4) is 23.3 Å². The number of sulfone groups is 1. The standard InChI is InChI=1S/C32H30F2N4O5S2/c1-2-45(40,41)29-13-7-23(8-14-29)30(15-16-35)37-31(39)24-5-9-25(10-6-24)38-19-28(17-26(38)20-42-32(33)34)44-21-43-27-11-3-22(18-36)4-12-27/h3-14,26,28,30,32H,2,15,17,19-20H2,1H3,(H,37,39)/t26-,28?,30-/m0/s1. The first-order valence-corrected chi connectivity index (χ1v) is 16.5. The van der Waals surface area contributed by atoms with Crippen LogP contribution in [-0.2, 0) is 14.6 Å². The largest absolute Gasteiger partial charge is 0.406 e. The van der Waals surface area contributed by atoms with E-state index in [1.807, 2.05) is 17.0 Å². The van der Waals surface area contributed by atoms with E-state index in [0.29, 0.717) is 41.1 Å². The minimum atomic E-state index is -3.39. The quantitative estimate of drug-likeness (QED) is 0.281. The zero-order valence-corrected chi connectivity index (χ0v) is 25.9. The molecule has 1 heterocycles. The number of benzene rings is 3. The molecule has 1 aliphatic rings. The smallest absolute Gasteiger partial charge is 0.345 e. The predicted molar refractivity (Wildman–Crippen MR) is 166 cm³/mol. The Hall–Kier alpha value is -4.52. The number of hydrogen-bond donors (Lipinski definition) is 1. The molecule has 0 spiro atoms. The molecule has 3 aromatic carbocycles. The van der Waals surface area contributed by atoms with Crippen LogP contribution in [0.2, 0.25) is 0 Å². The Bertz CT molecular complexity index is 1730. The van der Waals surface area contributed by atoms with Crippen LogP contribution >= 0.6 is 11.2 Å². The fraction of sp³-hybridized carbons (Fsp3) is 0.312. The minimum absolute atomic E-state index is 0.0225. The van der Waals surface area contributed by atoms with Crippen LogP contribution in [0, 0.1) is 28.0 Å². The average Bonchev–Trinajstić information content (AvgIpc) is 3.46. The van der Waals surface area contributed by atoms with Crippen molar-refractivity contribution in [2.75, 3.05) is 23.8 Å². The summed E-state index contributed by atoms with van der Waals surface area (Å²) in [6.45, 7) is -1.05. The topological polar surface area (TPSA) is 133 Å². The summed E-state index contributed by atoms with van der Waals surface area (Å²) < 4.78 is 60.2. The molecule has 45 heavy (non-hydrogen) atoms. The van der Waals surface area contributed by atoms with Crippen LogP contribution in [0.4, 0.5) is 14.5 Å². The molecule has 234 valence electrons. The molecular weight excluding hydrogens is 623 g/mol. The first kappa shape index (κ1) is 33.4. The van der Waals surface area contributed by atoms with Gasteiger partial charge in [-0.2, -0.15) is 19.3 Å². The van der Waals surface area contributed by atoms with Crippen LogP contribution < -0.4 is 15.0 Å². The molecule has 13 heteroatoms. The fourth-order valence-corrected chi connectivity index (χ4v) is 6.54. The number of carbonyl (C=O) groups excluding carboxylic acids is 1. The molecule has 4 rings (SSSR count). The monoisotopic (exact) mass is 652 g/mol. The molecular formula is C32H30F2N4O5S2. The Labute approximate surface area is 264 Å². The van der Waals surface area contributed by atoms with Gasteiger partial charge in [0, 0.05) is 17.8 Å². The summed E-state index contributed by atoms with van der Waals surface area (Å²) in [4.78, 5) is 15.2. The molecule has 1 saturated heterocycles. The number of carbonyl (C=O) groups is 1. The van der Waals surface area contributed by atoms with Gasteiger partial charge in [-0.3, -0.25) is 4.79 Å². The van der Waals surface area contributed by atoms with Gasteiger partial charge in [-0.1, -0.05) is 30.2 Å². The Morgan fingerprint density at radius 2 is 1.76 bits per heavy atom. The molecule has 0 bridgehead atoms. The lowest BCUT2D eigenvalue weighted by Crippen LogP contribution is -2.34. The lowest BCUT2D eigenvalue weighted by molar-refractivity contribution is -0.131. The summed E-state index contributed by atoms with van der Waals surface area (Å²) in [7, 11) is -3.39. The molecule has 0 aromatic heterocycles. The molecule has 1 unspecified atom stereocenters. The molecule has 0 aliphatic carbocycles. The van der Waals surface area contributed by atoms with Crippen LogP contribution in [-0.4, -0.2) is 51.1 Å². The second kappa shape index (κ2) is 15.5. The van der Waals surface area contributed by atoms with Crippen molar-refractivity contribution in [3.63, 3.8) is 0 Å². The summed E-state index contributed by atoms with van der Waals surface area (Å²) in [5, 5.41) is 23.9. The second-order valence-corrected chi connectivity index (χ2v) is 13.5. The fourth-order valence-electron chi connectivity index (χ4n) is 4.82. The van der Waals surface area contributed by atoms with Gasteiger partial charge in [-0.05, 0) is 72.6 Å². The number of ether oxygens (including phenoxy) is 2. The van der Waals surface area contributed by atoms with Crippen molar-refractivity contribution >= 4 is 32.6 Å². The van der Waals surface area contributed by atoms with Gasteiger partial charge < -0.3 is 19.7 Å². The van der Waals surface area contributed by atoms with Crippen molar-refractivity contribution in [1.82, 2.24) is 5.32 Å². The molecule has 9 nitrogen and oxygen atoms in total. The third-order valence-corrected chi connectivity index (χ3v) is 9.84. The molecule has 1 N–H and O–H groups in total. The van der Waals surface area contributed by atoms with Crippen LogP contribution in [0.1, 0.15) is 47.3 Å². The second-order valence-electron chi connectivity index (χ2n) is 10.1. The number of nitriles is 2. The van der Waals surface area contributed by atoms with E-state index >= 15 is 0 Å². The van der Waals surface area contributed by atoms with Gasteiger partial charge in [0.25, 0.3) is 5.91 Å². The van der Waals surface area contributed by atoms with Gasteiger partial charge in [0.05, 0.1) is 58.7 Å². The Kier molecular flexibility index (Phi) is 11.5. The summed E-state index contributed by atoms with van der Waals surface area (Å²) in [6, 6.07) is 22.4. The Morgan fingerprint density at radius 1 is 1.07 bits per heavy atom. The van der Waals surface area contributed by atoms with E-state index in [9.17, 15) is 27.3 Å². The number of nitrogens with one attached hydrogen (secondary N) is 1. The maximum Gasteiger partial charge on any atom is 0.345 e. The summed E-state index contributed by atoms with van der Waals surface area (Å²) in [6.07, 6.45) is 0.503. The first-order chi connectivity index (χ1) is 21.6. The number of halogens is 2. The zero-order valence-electron chi connectivity index (χ0n) is 24.2. The third kappa shape index (κ3) is 9.00. The van der Waals surface area contributed by atoms with Gasteiger partial charge in [0.15, 0.2) is 9.84 Å². The summed E-state index contributed by atoms with van der Waals surface area (Å²) in [5.74, 6) is 0.0490. The molecule has 3 aromatic rings. The lowest BCUT2D eigenvalue weighted by atomic mass is 10.0. The number of hydrogen-bond acceptors (Lipinski definition) is 8. The minimum Gasteiger partial charge on any atom is -0.406 e. The molecule has 1 amide bonds. The maximum absolute atomic E-state index is 13.1. The highest BCUT2D eigenvalue weighted by Gasteiger charge is 2.32. The van der Waals surface area contributed by atoms with Crippen LogP contribution in [0.25, 0.3) is 0 Å². The molecule has 0 saturated carbocycles. The highest BCUT2D eigenvalue weighted by Crippen LogP contribution is 2.30. The lowest BCUT2D eigenvalue weighted by Gasteiger charge is -2.26. The van der Waals surface area contributed by atoms with Gasteiger partial charge in [-0.15, -0.1) is 0 Å². The van der Waals surface area contributed by atoms with E-state index in [-0.39, 0.29) is 35.0 Å². The van der Waals surface area contributed by atoms with E-state index in [0.717, 1.165) is 0 Å². The SMILES string of the molecule is CCS(=O)(=O)c1ccc([C@H](CC#N)NC(=O)c2ccc(N3CC(S#COc4ccc(C#N)cc4)C[C@H]3COC(F)F)cc2)cc1. The average molecular weight is 653 g/mol. The van der Waals surface area contributed by atoms with E-state index in [2.05, 4.69) is 15.4 Å². The van der Waals surface area contributed by atoms with Gasteiger partial charge in [0.1, 0.15) is 11.1 Å². The zero-order chi connectivity index (χ0) is 32.4. The summed E-state index contributed by atoms with van der Waals surface area (Å²) >= 11 is 1.30. The van der Waals surface area contributed by atoms with E-state index < -0.39 is 28.4 Å². The Morgan fingerprint density at radius 3 is 2.36 bits per heavy atom. The predicted octanol–water partition coefficient (Wildman–Crippen LogP) is 5.65. The molecule has 0 radical (unpaired) electrons. The highest BCUT2D eigenvalue weighted by molar-refractivity contribution is 7.91. The van der Waals surface area contributed by atoms with Crippen LogP contribution in [0.5, 0.6) is 5.75 Å². The first-order valence-electron chi connectivity index (χ1n) is 14.0.